The Labute approximate surface area is 164 Å². The SMILES string of the molecule is CC(=O)NCC1CN(c2ccc(N3CCCC(C)C3CC#N)c(F)c2)C(=O)O1. The number of carbonyl (C=O) groups is 2. The lowest BCUT2D eigenvalue weighted by atomic mass is 9.88. The molecule has 7 nitrogen and oxygen atoms in total. The van der Waals surface area contributed by atoms with E-state index < -0.39 is 18.0 Å². The van der Waals surface area contributed by atoms with Gasteiger partial charge in [-0.3, -0.25) is 9.69 Å². The zero-order valence-corrected chi connectivity index (χ0v) is 16.2. The molecule has 0 saturated carbocycles. The molecular formula is C20H25FN4O3. The molecule has 2 saturated heterocycles. The van der Waals surface area contributed by atoms with Gasteiger partial charge in [-0.1, -0.05) is 6.92 Å². The van der Waals surface area contributed by atoms with Crippen molar-refractivity contribution in [1.82, 2.24) is 5.32 Å². The highest BCUT2D eigenvalue weighted by Crippen LogP contribution is 2.34. The fourth-order valence-electron chi connectivity index (χ4n) is 3.95. The molecule has 2 amide bonds. The Kier molecular flexibility index (Phi) is 6.02. The van der Waals surface area contributed by atoms with Crippen LogP contribution >= 0.6 is 0 Å². The maximum atomic E-state index is 14.9. The van der Waals surface area contributed by atoms with Gasteiger partial charge in [-0.25, -0.2) is 9.18 Å². The molecule has 3 unspecified atom stereocenters. The van der Waals surface area contributed by atoms with E-state index in [1.54, 1.807) is 12.1 Å². The molecule has 0 radical (unpaired) electrons. The van der Waals surface area contributed by atoms with E-state index in [9.17, 15) is 14.0 Å². The van der Waals surface area contributed by atoms with Crippen LogP contribution in [0.25, 0.3) is 0 Å². The molecular weight excluding hydrogens is 363 g/mol. The number of rotatable bonds is 5. The van der Waals surface area contributed by atoms with Gasteiger partial charge in [-0.2, -0.15) is 5.26 Å². The Morgan fingerprint density at radius 2 is 2.25 bits per heavy atom. The Morgan fingerprint density at radius 3 is 2.93 bits per heavy atom. The molecule has 1 aromatic rings. The molecule has 3 atom stereocenters. The summed E-state index contributed by atoms with van der Waals surface area (Å²) in [5.41, 5.74) is 0.872. The topological polar surface area (TPSA) is 85.7 Å². The van der Waals surface area contributed by atoms with Crippen molar-refractivity contribution >= 4 is 23.4 Å². The number of hydrogen-bond acceptors (Lipinski definition) is 5. The number of benzene rings is 1. The van der Waals surface area contributed by atoms with Crippen LogP contribution in [0.15, 0.2) is 18.2 Å². The minimum absolute atomic E-state index is 0.0158. The molecule has 8 heteroatoms. The van der Waals surface area contributed by atoms with Crippen LogP contribution in [0.3, 0.4) is 0 Å². The second-order valence-electron chi connectivity index (χ2n) is 7.43. The zero-order chi connectivity index (χ0) is 20.3. The summed E-state index contributed by atoms with van der Waals surface area (Å²) in [7, 11) is 0. The van der Waals surface area contributed by atoms with Crippen LogP contribution in [0.5, 0.6) is 0 Å². The number of ether oxygens (including phenoxy) is 1. The Hall–Kier alpha value is -2.82. The zero-order valence-electron chi connectivity index (χ0n) is 16.2. The number of carbonyl (C=O) groups excluding carboxylic acids is 2. The van der Waals surface area contributed by atoms with E-state index in [4.69, 9.17) is 10.00 Å². The number of hydrogen-bond donors (Lipinski definition) is 1. The highest BCUT2D eigenvalue weighted by Gasteiger charge is 2.34. The average molecular weight is 388 g/mol. The van der Waals surface area contributed by atoms with Crippen molar-refractivity contribution in [3.63, 3.8) is 0 Å². The van der Waals surface area contributed by atoms with Crippen molar-refractivity contribution in [3.8, 4) is 6.07 Å². The fraction of sp³-hybridized carbons (Fsp3) is 0.550. The lowest BCUT2D eigenvalue weighted by Gasteiger charge is -2.40. The summed E-state index contributed by atoms with van der Waals surface area (Å²) in [5.74, 6) is -0.309. The number of anilines is 2. The van der Waals surface area contributed by atoms with Gasteiger partial charge in [0.05, 0.1) is 37.0 Å². The number of halogens is 1. The van der Waals surface area contributed by atoms with E-state index >= 15 is 0 Å². The van der Waals surface area contributed by atoms with Crippen molar-refractivity contribution in [1.29, 1.82) is 5.26 Å². The molecule has 0 aromatic heterocycles. The van der Waals surface area contributed by atoms with E-state index in [2.05, 4.69) is 18.3 Å². The predicted molar refractivity (Wildman–Crippen MR) is 102 cm³/mol. The molecule has 2 aliphatic rings. The number of nitriles is 1. The predicted octanol–water partition coefficient (Wildman–Crippen LogP) is 2.81. The van der Waals surface area contributed by atoms with Gasteiger partial charge in [0.2, 0.25) is 5.91 Å². The monoisotopic (exact) mass is 388 g/mol. The first-order chi connectivity index (χ1) is 13.4. The van der Waals surface area contributed by atoms with Gasteiger partial charge < -0.3 is 15.0 Å². The fourth-order valence-corrected chi connectivity index (χ4v) is 3.95. The first-order valence-corrected chi connectivity index (χ1v) is 9.56. The average Bonchev–Trinajstić information content (AvgIpc) is 3.03. The molecule has 2 heterocycles. The third kappa shape index (κ3) is 4.19. The molecule has 28 heavy (non-hydrogen) atoms. The second-order valence-corrected chi connectivity index (χ2v) is 7.43. The van der Waals surface area contributed by atoms with Crippen molar-refractivity contribution in [2.45, 2.75) is 45.3 Å². The van der Waals surface area contributed by atoms with Crippen LogP contribution in [-0.4, -0.2) is 43.8 Å². The van der Waals surface area contributed by atoms with Crippen LogP contribution in [0, 0.1) is 23.1 Å². The van der Waals surface area contributed by atoms with E-state index in [1.807, 2.05) is 4.90 Å². The largest absolute Gasteiger partial charge is 0.442 e. The lowest BCUT2D eigenvalue weighted by Crippen LogP contribution is -2.44. The van der Waals surface area contributed by atoms with Gasteiger partial charge >= 0.3 is 6.09 Å². The molecule has 1 N–H and O–H groups in total. The van der Waals surface area contributed by atoms with Crippen molar-refractivity contribution in [2.24, 2.45) is 5.92 Å². The summed E-state index contributed by atoms with van der Waals surface area (Å²) in [6.07, 6.45) is 1.30. The van der Waals surface area contributed by atoms with Gasteiger partial charge in [-0.05, 0) is 37.0 Å². The second kappa shape index (κ2) is 8.46. The van der Waals surface area contributed by atoms with Gasteiger partial charge in [0.25, 0.3) is 0 Å². The van der Waals surface area contributed by atoms with Crippen molar-refractivity contribution in [3.05, 3.63) is 24.0 Å². The minimum Gasteiger partial charge on any atom is -0.442 e. The first kappa shape index (κ1) is 19.9. The van der Waals surface area contributed by atoms with Gasteiger partial charge in [0.1, 0.15) is 11.9 Å². The molecule has 150 valence electrons. The number of amides is 2. The van der Waals surface area contributed by atoms with Gasteiger partial charge in [-0.15, -0.1) is 0 Å². The summed E-state index contributed by atoms with van der Waals surface area (Å²) in [6, 6.07) is 6.89. The minimum atomic E-state index is -0.559. The quantitative estimate of drug-likeness (QED) is 0.838. The van der Waals surface area contributed by atoms with E-state index in [1.165, 1.54) is 17.9 Å². The number of piperidine rings is 1. The Balaban J connectivity index is 1.76. The maximum absolute atomic E-state index is 14.9. The third-order valence-corrected chi connectivity index (χ3v) is 5.42. The van der Waals surface area contributed by atoms with Crippen LogP contribution < -0.4 is 15.1 Å². The van der Waals surface area contributed by atoms with Crippen molar-refractivity contribution in [2.75, 3.05) is 29.4 Å². The van der Waals surface area contributed by atoms with Gasteiger partial charge in [0.15, 0.2) is 0 Å². The summed E-state index contributed by atoms with van der Waals surface area (Å²) in [4.78, 5) is 26.5. The summed E-state index contributed by atoms with van der Waals surface area (Å²) >= 11 is 0. The molecule has 2 aliphatic heterocycles. The number of nitrogens with one attached hydrogen (secondary N) is 1. The molecule has 0 bridgehead atoms. The lowest BCUT2D eigenvalue weighted by molar-refractivity contribution is -0.119. The van der Waals surface area contributed by atoms with Gasteiger partial charge in [0, 0.05) is 19.5 Å². The number of cyclic esters (lactones) is 1. The molecule has 0 spiro atoms. The van der Waals surface area contributed by atoms with Crippen LogP contribution in [0.2, 0.25) is 0 Å². The highest BCUT2D eigenvalue weighted by atomic mass is 19.1. The van der Waals surface area contributed by atoms with Crippen LogP contribution in [0.1, 0.15) is 33.1 Å². The Morgan fingerprint density at radius 1 is 1.46 bits per heavy atom. The highest BCUT2D eigenvalue weighted by molar-refractivity contribution is 5.90. The first-order valence-electron chi connectivity index (χ1n) is 9.56. The molecule has 2 fully saturated rings. The van der Waals surface area contributed by atoms with E-state index in [0.717, 1.165) is 12.8 Å². The van der Waals surface area contributed by atoms with Crippen LogP contribution in [0.4, 0.5) is 20.6 Å². The molecule has 0 aliphatic carbocycles. The molecule has 3 rings (SSSR count). The summed E-state index contributed by atoms with van der Waals surface area (Å²) in [5, 5.41) is 11.7. The van der Waals surface area contributed by atoms with Crippen LogP contribution in [-0.2, 0) is 9.53 Å². The summed E-state index contributed by atoms with van der Waals surface area (Å²) < 4.78 is 20.2. The van der Waals surface area contributed by atoms with E-state index in [-0.39, 0.29) is 25.0 Å². The smallest absolute Gasteiger partial charge is 0.414 e. The third-order valence-electron chi connectivity index (χ3n) is 5.42. The maximum Gasteiger partial charge on any atom is 0.414 e. The summed E-state index contributed by atoms with van der Waals surface area (Å²) in [6.45, 7) is 4.66. The Bertz CT molecular complexity index is 794. The van der Waals surface area contributed by atoms with Crippen molar-refractivity contribution < 1.29 is 18.7 Å². The molecule has 1 aromatic carbocycles. The standard InChI is InChI=1S/C20H25FN4O3/c1-13-4-3-9-24(18(13)7-8-22)19-6-5-15(10-17(19)21)25-12-16(28-20(25)27)11-23-14(2)26/h5-6,10,13,16,18H,3-4,7,9,11-12H2,1-2H3,(H,23,26). The number of nitrogens with zero attached hydrogens (tertiary/aromatic N) is 3. The van der Waals surface area contributed by atoms with E-state index in [0.29, 0.717) is 30.3 Å². The normalized spacial score (nSPS) is 24.6.